The van der Waals surface area contributed by atoms with Gasteiger partial charge >= 0.3 is 5.97 Å². The van der Waals surface area contributed by atoms with Crippen LogP contribution in [-0.4, -0.2) is 28.0 Å². The maximum absolute atomic E-state index is 11.5. The predicted molar refractivity (Wildman–Crippen MR) is 58.9 cm³/mol. The van der Waals surface area contributed by atoms with Crippen LogP contribution in [0.15, 0.2) is 28.9 Å². The average molecular weight is 243 g/mol. The van der Waals surface area contributed by atoms with Gasteiger partial charge in [0.25, 0.3) is 0 Å². The summed E-state index contributed by atoms with van der Waals surface area (Å²) >= 11 is 0. The van der Waals surface area contributed by atoms with Crippen molar-refractivity contribution < 1.29 is 17.9 Å². The number of nitrogens with one attached hydrogen (secondary N) is 1. The van der Waals surface area contributed by atoms with Crippen LogP contribution in [0.4, 0.5) is 0 Å². The quantitative estimate of drug-likeness (QED) is 0.418. The second kappa shape index (κ2) is 5.65. The zero-order valence-corrected chi connectivity index (χ0v) is 9.71. The van der Waals surface area contributed by atoms with Gasteiger partial charge in [-0.2, -0.15) is 0 Å². The molecule has 0 spiro atoms. The Labute approximate surface area is 94.5 Å². The van der Waals surface area contributed by atoms with E-state index in [2.05, 4.69) is 15.2 Å². The van der Waals surface area contributed by atoms with E-state index in [1.54, 1.807) is 6.08 Å². The SMILES string of the molecule is COC(=O)CCCNS(=O)(=O)C1=C=CC=C1. The third-order valence-electron chi connectivity index (χ3n) is 1.94. The summed E-state index contributed by atoms with van der Waals surface area (Å²) in [7, 11) is -2.18. The van der Waals surface area contributed by atoms with Crippen LogP contribution in [0.5, 0.6) is 0 Å². The van der Waals surface area contributed by atoms with E-state index in [-0.39, 0.29) is 23.8 Å². The predicted octanol–water partition coefficient (Wildman–Crippen LogP) is 0.468. The van der Waals surface area contributed by atoms with E-state index >= 15 is 0 Å². The van der Waals surface area contributed by atoms with Gasteiger partial charge in [-0.1, -0.05) is 11.8 Å². The minimum absolute atomic E-state index is 0.116. The number of allylic oxidation sites excluding steroid dienone is 2. The highest BCUT2D eigenvalue weighted by Crippen LogP contribution is 2.09. The molecule has 0 heterocycles. The fourth-order valence-corrected chi connectivity index (χ4v) is 2.15. The molecular weight excluding hydrogens is 230 g/mol. The average Bonchev–Trinajstić information content (AvgIpc) is 2.78. The fourth-order valence-electron chi connectivity index (χ4n) is 1.10. The van der Waals surface area contributed by atoms with Gasteiger partial charge < -0.3 is 4.74 Å². The summed E-state index contributed by atoms with van der Waals surface area (Å²) in [6.07, 6.45) is 5.20. The Hall–Kier alpha value is -1.36. The van der Waals surface area contributed by atoms with Crippen LogP contribution >= 0.6 is 0 Å². The Kier molecular flexibility index (Phi) is 4.49. The Morgan fingerprint density at radius 2 is 2.31 bits per heavy atom. The smallest absolute Gasteiger partial charge is 0.305 e. The topological polar surface area (TPSA) is 72.5 Å². The van der Waals surface area contributed by atoms with E-state index in [0.29, 0.717) is 6.42 Å². The van der Waals surface area contributed by atoms with Gasteiger partial charge in [0.2, 0.25) is 10.0 Å². The van der Waals surface area contributed by atoms with Gasteiger partial charge in [0.05, 0.1) is 7.11 Å². The molecule has 0 amide bonds. The van der Waals surface area contributed by atoms with Crippen molar-refractivity contribution in [3.8, 4) is 0 Å². The van der Waals surface area contributed by atoms with E-state index in [9.17, 15) is 13.2 Å². The number of rotatable bonds is 6. The lowest BCUT2D eigenvalue weighted by Crippen LogP contribution is -2.25. The molecule has 5 nitrogen and oxygen atoms in total. The van der Waals surface area contributed by atoms with Crippen LogP contribution < -0.4 is 4.72 Å². The van der Waals surface area contributed by atoms with Crippen molar-refractivity contribution >= 4 is 16.0 Å². The molecule has 6 heteroatoms. The van der Waals surface area contributed by atoms with Crippen molar-refractivity contribution in [1.82, 2.24) is 4.72 Å². The normalized spacial score (nSPS) is 13.9. The summed E-state index contributed by atoms with van der Waals surface area (Å²) < 4.78 is 29.9. The molecule has 16 heavy (non-hydrogen) atoms. The lowest BCUT2D eigenvalue weighted by Gasteiger charge is -2.04. The molecule has 0 radical (unpaired) electrons. The Balaban J connectivity index is 2.36. The molecular formula is C10H13NO4S. The molecule has 0 fully saturated rings. The van der Waals surface area contributed by atoms with Gasteiger partial charge in [-0.3, -0.25) is 4.79 Å². The second-order valence-corrected chi connectivity index (χ2v) is 4.85. The van der Waals surface area contributed by atoms with Crippen molar-refractivity contribution in [1.29, 1.82) is 0 Å². The first-order chi connectivity index (χ1) is 7.56. The molecule has 0 saturated carbocycles. The fraction of sp³-hybridized carbons (Fsp3) is 0.400. The number of carbonyl (C=O) groups excluding carboxylic acids is 1. The van der Waals surface area contributed by atoms with E-state index < -0.39 is 10.0 Å². The minimum atomic E-state index is -3.48. The maximum atomic E-state index is 11.5. The number of esters is 1. The molecule has 1 N–H and O–H groups in total. The molecule has 1 aliphatic carbocycles. The van der Waals surface area contributed by atoms with Crippen molar-refractivity contribution in [2.75, 3.05) is 13.7 Å². The zero-order valence-electron chi connectivity index (χ0n) is 8.89. The molecule has 0 aromatic heterocycles. The Morgan fingerprint density at radius 3 is 2.88 bits per heavy atom. The van der Waals surface area contributed by atoms with E-state index in [4.69, 9.17) is 0 Å². The third kappa shape index (κ3) is 3.66. The van der Waals surface area contributed by atoms with E-state index in [1.165, 1.54) is 19.3 Å². The minimum Gasteiger partial charge on any atom is -0.469 e. The number of hydrogen-bond acceptors (Lipinski definition) is 4. The van der Waals surface area contributed by atoms with Crippen molar-refractivity contribution in [3.05, 3.63) is 28.9 Å². The highest BCUT2D eigenvalue weighted by molar-refractivity contribution is 7.93. The van der Waals surface area contributed by atoms with E-state index in [1.807, 2.05) is 0 Å². The van der Waals surface area contributed by atoms with Gasteiger partial charge in [0, 0.05) is 13.0 Å². The molecule has 0 aromatic rings. The van der Waals surface area contributed by atoms with Crippen LogP contribution in [0.1, 0.15) is 12.8 Å². The van der Waals surface area contributed by atoms with Crippen LogP contribution in [0.2, 0.25) is 0 Å². The number of methoxy groups -OCH3 is 1. The first kappa shape index (κ1) is 12.7. The van der Waals surface area contributed by atoms with Gasteiger partial charge in [0.1, 0.15) is 4.91 Å². The molecule has 1 aliphatic rings. The summed E-state index contributed by atoms with van der Waals surface area (Å²) in [5.41, 5.74) is 2.60. The number of hydrogen-bond donors (Lipinski definition) is 1. The first-order valence-electron chi connectivity index (χ1n) is 4.76. The van der Waals surface area contributed by atoms with Crippen molar-refractivity contribution in [3.63, 3.8) is 0 Å². The Morgan fingerprint density at radius 1 is 1.56 bits per heavy atom. The highest BCUT2D eigenvalue weighted by atomic mass is 32.2. The van der Waals surface area contributed by atoms with Gasteiger partial charge in [-0.15, -0.1) is 0 Å². The zero-order chi connectivity index (χ0) is 12.0. The number of ether oxygens (including phenoxy) is 1. The lowest BCUT2D eigenvalue weighted by molar-refractivity contribution is -0.140. The summed E-state index contributed by atoms with van der Waals surface area (Å²) in [5.74, 6) is -0.348. The molecule has 0 aromatic carbocycles. The molecule has 88 valence electrons. The number of carbonyl (C=O) groups is 1. The molecule has 0 aliphatic heterocycles. The highest BCUT2D eigenvalue weighted by Gasteiger charge is 2.15. The molecule has 0 atom stereocenters. The summed E-state index contributed by atoms with van der Waals surface area (Å²) in [6, 6.07) is 0. The van der Waals surface area contributed by atoms with Crippen LogP contribution in [0.3, 0.4) is 0 Å². The standard InChI is InChI=1S/C10H13NO4S/c1-15-10(12)7-4-8-11-16(13,14)9-5-2-3-6-9/h2-3,5,11H,4,7-8H2,1H3. The third-order valence-corrected chi connectivity index (χ3v) is 3.35. The second-order valence-electron chi connectivity index (χ2n) is 3.11. The molecule has 0 saturated heterocycles. The molecule has 0 bridgehead atoms. The van der Waals surface area contributed by atoms with Crippen molar-refractivity contribution in [2.45, 2.75) is 12.8 Å². The largest absolute Gasteiger partial charge is 0.469 e. The summed E-state index contributed by atoms with van der Waals surface area (Å²) in [4.78, 5) is 10.9. The van der Waals surface area contributed by atoms with Gasteiger partial charge in [-0.05, 0) is 18.6 Å². The molecule has 0 unspecified atom stereocenters. The van der Waals surface area contributed by atoms with Gasteiger partial charge in [-0.25, -0.2) is 13.1 Å². The lowest BCUT2D eigenvalue weighted by atomic mass is 10.3. The van der Waals surface area contributed by atoms with Crippen LogP contribution in [-0.2, 0) is 19.6 Å². The number of sulfonamides is 1. The monoisotopic (exact) mass is 243 g/mol. The van der Waals surface area contributed by atoms with Crippen molar-refractivity contribution in [2.24, 2.45) is 0 Å². The van der Waals surface area contributed by atoms with Gasteiger partial charge in [0.15, 0.2) is 0 Å². The van der Waals surface area contributed by atoms with E-state index in [0.717, 1.165) is 0 Å². The van der Waals surface area contributed by atoms with Crippen LogP contribution in [0, 0.1) is 0 Å². The molecule has 1 rings (SSSR count). The maximum Gasteiger partial charge on any atom is 0.305 e. The summed E-state index contributed by atoms with van der Waals surface area (Å²) in [5, 5.41) is 0. The first-order valence-corrected chi connectivity index (χ1v) is 6.24. The Bertz CT molecular complexity index is 455. The summed E-state index contributed by atoms with van der Waals surface area (Å²) in [6.45, 7) is 0.205. The van der Waals surface area contributed by atoms with Crippen LogP contribution in [0.25, 0.3) is 0 Å².